The van der Waals surface area contributed by atoms with Crippen molar-refractivity contribution < 1.29 is 9.47 Å². The number of nitrogens with zero attached hydrogens (tertiary/aromatic N) is 3. The molecule has 0 aromatic carbocycles. The molecule has 1 N–H and O–H groups in total. The van der Waals surface area contributed by atoms with Gasteiger partial charge in [-0.1, -0.05) is 25.6 Å². The van der Waals surface area contributed by atoms with E-state index in [0.29, 0.717) is 12.5 Å². The quantitative estimate of drug-likeness (QED) is 0.398. The van der Waals surface area contributed by atoms with Crippen LogP contribution >= 0.6 is 23.1 Å². The van der Waals surface area contributed by atoms with E-state index in [0.717, 1.165) is 64.1 Å². The number of thioether (sulfide) groups is 1. The summed E-state index contributed by atoms with van der Waals surface area (Å²) in [6.45, 7) is 11.0. The standard InChI is InChI=1S/C23H30N4O2S2/c1-12(2)17-15-11-29-23(3,4)9-14(15)16-18-19(31-21(16)25-17)20(27-22(26-18)30-5)24-10-13-7-6-8-28-13/h12-13H,6-11H2,1-5H3,(H,24,26,27)/t13-/m1/s1. The Balaban J connectivity index is 1.71. The lowest BCUT2D eigenvalue weighted by atomic mass is 9.87. The predicted octanol–water partition coefficient (Wildman–Crippen LogP) is 5.53. The number of hydrogen-bond acceptors (Lipinski definition) is 8. The summed E-state index contributed by atoms with van der Waals surface area (Å²) in [6.07, 6.45) is 5.39. The second kappa shape index (κ2) is 8.14. The Morgan fingerprint density at radius 2 is 2.06 bits per heavy atom. The normalized spacial score (nSPS) is 20.6. The zero-order chi connectivity index (χ0) is 21.8. The molecule has 3 aromatic rings. The summed E-state index contributed by atoms with van der Waals surface area (Å²) in [4.78, 5) is 16.0. The lowest BCUT2D eigenvalue weighted by molar-refractivity contribution is -0.0402. The molecule has 0 bridgehead atoms. The summed E-state index contributed by atoms with van der Waals surface area (Å²) < 4.78 is 13.1. The smallest absolute Gasteiger partial charge is 0.189 e. The van der Waals surface area contributed by atoms with Gasteiger partial charge in [-0.05, 0) is 44.4 Å². The first kappa shape index (κ1) is 21.4. The number of thiophene rings is 1. The Bertz CT molecular complexity index is 1140. The summed E-state index contributed by atoms with van der Waals surface area (Å²) in [5.41, 5.74) is 4.58. The second-order valence-electron chi connectivity index (χ2n) is 9.37. The molecule has 1 fully saturated rings. The predicted molar refractivity (Wildman–Crippen MR) is 129 cm³/mol. The minimum absolute atomic E-state index is 0.194. The Kier molecular flexibility index (Phi) is 5.61. The fourth-order valence-corrected chi connectivity index (χ4v) is 6.07. The second-order valence-corrected chi connectivity index (χ2v) is 11.1. The molecule has 0 unspecified atom stereocenters. The molecule has 2 aliphatic rings. The van der Waals surface area contributed by atoms with Crippen LogP contribution in [-0.2, 0) is 22.5 Å². The van der Waals surface area contributed by atoms with Crippen molar-refractivity contribution in [1.82, 2.24) is 15.0 Å². The van der Waals surface area contributed by atoms with Crippen LogP contribution in [0.3, 0.4) is 0 Å². The first-order valence-corrected chi connectivity index (χ1v) is 13.1. The van der Waals surface area contributed by atoms with E-state index < -0.39 is 0 Å². The van der Waals surface area contributed by atoms with Crippen LogP contribution in [0.4, 0.5) is 5.82 Å². The summed E-state index contributed by atoms with van der Waals surface area (Å²) in [7, 11) is 0. The number of hydrogen-bond donors (Lipinski definition) is 1. The molecule has 5 heterocycles. The van der Waals surface area contributed by atoms with Crippen molar-refractivity contribution in [2.75, 3.05) is 24.7 Å². The Hall–Kier alpha value is -1.48. The maximum absolute atomic E-state index is 6.18. The van der Waals surface area contributed by atoms with Crippen LogP contribution in [0.1, 0.15) is 63.3 Å². The van der Waals surface area contributed by atoms with Gasteiger partial charge in [0, 0.05) is 30.5 Å². The molecule has 166 valence electrons. The van der Waals surface area contributed by atoms with E-state index in [1.54, 1.807) is 23.1 Å². The van der Waals surface area contributed by atoms with Gasteiger partial charge in [0.05, 0.1) is 34.2 Å². The van der Waals surface area contributed by atoms with Gasteiger partial charge in [0.25, 0.3) is 0 Å². The van der Waals surface area contributed by atoms with E-state index in [9.17, 15) is 0 Å². The minimum Gasteiger partial charge on any atom is -0.376 e. The summed E-state index contributed by atoms with van der Waals surface area (Å²) >= 11 is 3.28. The van der Waals surface area contributed by atoms with Crippen LogP contribution in [0.5, 0.6) is 0 Å². The molecule has 0 saturated carbocycles. The first-order chi connectivity index (χ1) is 14.9. The first-order valence-electron chi connectivity index (χ1n) is 11.1. The zero-order valence-corrected chi connectivity index (χ0v) is 20.5. The van der Waals surface area contributed by atoms with Gasteiger partial charge in [-0.25, -0.2) is 15.0 Å². The maximum Gasteiger partial charge on any atom is 0.189 e. The molecule has 0 radical (unpaired) electrons. The average Bonchev–Trinajstić information content (AvgIpc) is 3.38. The molecular weight excluding hydrogens is 428 g/mol. The van der Waals surface area contributed by atoms with Crippen LogP contribution in [0.15, 0.2) is 5.16 Å². The third kappa shape index (κ3) is 3.92. The number of pyridine rings is 1. The van der Waals surface area contributed by atoms with Gasteiger partial charge >= 0.3 is 0 Å². The van der Waals surface area contributed by atoms with E-state index in [-0.39, 0.29) is 11.7 Å². The van der Waals surface area contributed by atoms with Crippen molar-refractivity contribution in [3.05, 3.63) is 16.8 Å². The highest BCUT2D eigenvalue weighted by Crippen LogP contribution is 2.43. The van der Waals surface area contributed by atoms with Gasteiger partial charge in [0.1, 0.15) is 10.6 Å². The summed E-state index contributed by atoms with van der Waals surface area (Å²) in [5.74, 6) is 1.25. The molecule has 2 aliphatic heterocycles. The van der Waals surface area contributed by atoms with E-state index in [4.69, 9.17) is 24.4 Å². The fraction of sp³-hybridized carbons (Fsp3) is 0.609. The fourth-order valence-electron chi connectivity index (χ4n) is 4.58. The summed E-state index contributed by atoms with van der Waals surface area (Å²) in [5, 5.41) is 5.54. The third-order valence-electron chi connectivity index (χ3n) is 6.15. The highest BCUT2D eigenvalue weighted by Gasteiger charge is 2.32. The molecule has 3 aromatic heterocycles. The highest BCUT2D eigenvalue weighted by atomic mass is 32.2. The molecule has 1 atom stereocenters. The van der Waals surface area contributed by atoms with Gasteiger partial charge in [-0.3, -0.25) is 0 Å². The highest BCUT2D eigenvalue weighted by molar-refractivity contribution is 7.98. The maximum atomic E-state index is 6.18. The number of nitrogens with one attached hydrogen (secondary N) is 1. The molecule has 5 rings (SSSR count). The summed E-state index contributed by atoms with van der Waals surface area (Å²) in [6, 6.07) is 0. The SMILES string of the molecule is CSc1nc(NC[C@H]2CCCO2)c2sc3nc(C(C)C)c4c(c3c2n1)CC(C)(C)OC4. The Morgan fingerprint density at radius 3 is 2.77 bits per heavy atom. The zero-order valence-electron chi connectivity index (χ0n) is 18.9. The average molecular weight is 459 g/mol. The van der Waals surface area contributed by atoms with Crippen LogP contribution in [0, 0.1) is 0 Å². The van der Waals surface area contributed by atoms with Crippen LogP contribution in [0.2, 0.25) is 0 Å². The van der Waals surface area contributed by atoms with Crippen molar-refractivity contribution in [2.45, 2.75) is 76.3 Å². The van der Waals surface area contributed by atoms with Crippen molar-refractivity contribution in [2.24, 2.45) is 0 Å². The number of anilines is 1. The molecule has 6 nitrogen and oxygen atoms in total. The van der Waals surface area contributed by atoms with Crippen molar-refractivity contribution >= 4 is 49.3 Å². The van der Waals surface area contributed by atoms with Gasteiger partial charge in [-0.2, -0.15) is 0 Å². The monoisotopic (exact) mass is 458 g/mol. The van der Waals surface area contributed by atoms with E-state index >= 15 is 0 Å². The van der Waals surface area contributed by atoms with Crippen molar-refractivity contribution in [3.8, 4) is 0 Å². The van der Waals surface area contributed by atoms with E-state index in [1.165, 1.54) is 16.5 Å². The molecular formula is C23H30N4O2S2. The minimum atomic E-state index is -0.194. The molecule has 0 aliphatic carbocycles. The van der Waals surface area contributed by atoms with Crippen LogP contribution < -0.4 is 5.32 Å². The number of fused-ring (bicyclic) bond motifs is 5. The van der Waals surface area contributed by atoms with Gasteiger partial charge in [0.2, 0.25) is 0 Å². The lowest BCUT2D eigenvalue weighted by Gasteiger charge is -2.33. The van der Waals surface area contributed by atoms with E-state index in [1.807, 2.05) is 6.26 Å². The van der Waals surface area contributed by atoms with Crippen molar-refractivity contribution in [3.63, 3.8) is 0 Å². The molecule has 8 heteroatoms. The number of aromatic nitrogens is 3. The van der Waals surface area contributed by atoms with Crippen LogP contribution in [0.25, 0.3) is 20.4 Å². The third-order valence-corrected chi connectivity index (χ3v) is 7.78. The topological polar surface area (TPSA) is 69.2 Å². The number of ether oxygens (including phenoxy) is 2. The van der Waals surface area contributed by atoms with Crippen LogP contribution in [-0.4, -0.2) is 46.1 Å². The Morgan fingerprint density at radius 1 is 1.23 bits per heavy atom. The van der Waals surface area contributed by atoms with Gasteiger partial charge < -0.3 is 14.8 Å². The van der Waals surface area contributed by atoms with Gasteiger partial charge in [0.15, 0.2) is 5.16 Å². The van der Waals surface area contributed by atoms with E-state index in [2.05, 4.69) is 33.0 Å². The number of rotatable bonds is 5. The molecule has 0 spiro atoms. The molecule has 1 saturated heterocycles. The molecule has 31 heavy (non-hydrogen) atoms. The van der Waals surface area contributed by atoms with Crippen molar-refractivity contribution in [1.29, 1.82) is 0 Å². The van der Waals surface area contributed by atoms with Gasteiger partial charge in [-0.15, -0.1) is 11.3 Å². The Labute approximate surface area is 191 Å². The largest absolute Gasteiger partial charge is 0.376 e. The molecule has 0 amide bonds. The lowest BCUT2D eigenvalue weighted by Crippen LogP contribution is -2.33.